The number of ether oxygens (including phenoxy) is 2. The van der Waals surface area contributed by atoms with E-state index in [1.54, 1.807) is 0 Å². The van der Waals surface area contributed by atoms with Gasteiger partial charge in [0, 0.05) is 11.8 Å². The predicted molar refractivity (Wildman–Crippen MR) is 97.8 cm³/mol. The van der Waals surface area contributed by atoms with Crippen LogP contribution in [0.25, 0.3) is 0 Å². The van der Waals surface area contributed by atoms with E-state index in [1.165, 1.54) is 24.2 Å². The van der Waals surface area contributed by atoms with Crippen molar-refractivity contribution >= 4 is 17.6 Å². The first-order valence-corrected chi connectivity index (χ1v) is 9.19. The SMILES string of the molecule is C[C@@H]1CCCC[NH+]1Cc1nc(N)nc(Nc2ccc3c(c2)OCCO3)n1. The fourth-order valence-electron chi connectivity index (χ4n) is 3.54. The molecule has 0 amide bonds. The summed E-state index contributed by atoms with van der Waals surface area (Å²) in [7, 11) is 0. The van der Waals surface area contributed by atoms with E-state index in [9.17, 15) is 0 Å². The Labute approximate surface area is 152 Å². The molecule has 1 unspecified atom stereocenters. The van der Waals surface area contributed by atoms with Crippen molar-refractivity contribution in [2.75, 3.05) is 30.8 Å². The standard InChI is InChI=1S/C18H24N6O2/c1-12-4-2-3-7-24(12)11-16-21-17(19)23-18(22-16)20-13-5-6-14-15(10-13)26-9-8-25-14/h5-6,10,12H,2-4,7-9,11H2,1H3,(H3,19,20,21,22,23)/p+1/t12-/m1/s1. The van der Waals surface area contributed by atoms with Crippen LogP contribution in [0.4, 0.5) is 17.6 Å². The first-order valence-electron chi connectivity index (χ1n) is 9.19. The Balaban J connectivity index is 1.51. The summed E-state index contributed by atoms with van der Waals surface area (Å²) in [5.41, 5.74) is 6.73. The van der Waals surface area contributed by atoms with Crippen molar-refractivity contribution in [3.05, 3.63) is 24.0 Å². The van der Waals surface area contributed by atoms with Crippen LogP contribution >= 0.6 is 0 Å². The summed E-state index contributed by atoms with van der Waals surface area (Å²) in [6.45, 7) is 5.33. The van der Waals surface area contributed by atoms with E-state index in [0.717, 1.165) is 36.1 Å². The van der Waals surface area contributed by atoms with Gasteiger partial charge < -0.3 is 25.4 Å². The minimum atomic E-state index is 0.235. The van der Waals surface area contributed by atoms with Crippen LogP contribution in [0.3, 0.4) is 0 Å². The number of benzene rings is 1. The Kier molecular flexibility index (Phi) is 4.75. The topological polar surface area (TPSA) is 99.6 Å². The van der Waals surface area contributed by atoms with Crippen molar-refractivity contribution in [2.45, 2.75) is 38.8 Å². The van der Waals surface area contributed by atoms with E-state index in [2.05, 4.69) is 27.2 Å². The van der Waals surface area contributed by atoms with Crippen LogP contribution < -0.4 is 25.4 Å². The molecule has 2 atom stereocenters. The van der Waals surface area contributed by atoms with E-state index >= 15 is 0 Å². The highest BCUT2D eigenvalue weighted by Gasteiger charge is 2.23. The minimum Gasteiger partial charge on any atom is -0.486 e. The molecule has 4 rings (SSSR count). The number of anilines is 3. The number of nitrogen functional groups attached to an aromatic ring is 1. The van der Waals surface area contributed by atoms with Gasteiger partial charge in [-0.2, -0.15) is 15.0 Å². The van der Waals surface area contributed by atoms with Gasteiger partial charge in [-0.05, 0) is 38.3 Å². The molecule has 1 aromatic carbocycles. The molecular formula is C18H25N6O2+. The van der Waals surface area contributed by atoms with Gasteiger partial charge in [0.05, 0.1) is 12.6 Å². The predicted octanol–water partition coefficient (Wildman–Crippen LogP) is 0.926. The second-order valence-corrected chi connectivity index (χ2v) is 6.90. The molecule has 2 aliphatic rings. The normalized spacial score (nSPS) is 22.0. The Bertz CT molecular complexity index is 784. The maximum atomic E-state index is 5.91. The van der Waals surface area contributed by atoms with Crippen LogP contribution in [-0.2, 0) is 6.54 Å². The van der Waals surface area contributed by atoms with E-state index in [-0.39, 0.29) is 5.95 Å². The second kappa shape index (κ2) is 7.33. The third-order valence-corrected chi connectivity index (χ3v) is 4.96. The van der Waals surface area contributed by atoms with Crippen molar-refractivity contribution in [3.63, 3.8) is 0 Å². The maximum absolute atomic E-state index is 5.91. The summed E-state index contributed by atoms with van der Waals surface area (Å²) >= 11 is 0. The largest absolute Gasteiger partial charge is 0.486 e. The highest BCUT2D eigenvalue weighted by atomic mass is 16.6. The second-order valence-electron chi connectivity index (χ2n) is 6.90. The van der Waals surface area contributed by atoms with E-state index in [0.29, 0.717) is 25.2 Å². The lowest BCUT2D eigenvalue weighted by atomic mass is 10.0. The lowest BCUT2D eigenvalue weighted by molar-refractivity contribution is -0.942. The first kappa shape index (κ1) is 16.8. The van der Waals surface area contributed by atoms with Crippen molar-refractivity contribution < 1.29 is 14.4 Å². The number of nitrogens with one attached hydrogen (secondary N) is 2. The average molecular weight is 357 g/mol. The fraction of sp³-hybridized carbons (Fsp3) is 0.500. The Morgan fingerprint density at radius 1 is 1.15 bits per heavy atom. The summed E-state index contributed by atoms with van der Waals surface area (Å²) in [5, 5.41) is 3.20. The molecule has 26 heavy (non-hydrogen) atoms. The molecule has 138 valence electrons. The van der Waals surface area contributed by atoms with Gasteiger partial charge in [-0.25, -0.2) is 0 Å². The molecule has 1 saturated heterocycles. The first-order chi connectivity index (χ1) is 12.7. The Morgan fingerprint density at radius 3 is 2.85 bits per heavy atom. The number of nitrogens with two attached hydrogens (primary N) is 1. The van der Waals surface area contributed by atoms with Gasteiger partial charge in [0.1, 0.15) is 19.8 Å². The van der Waals surface area contributed by atoms with Crippen molar-refractivity contribution in [3.8, 4) is 11.5 Å². The van der Waals surface area contributed by atoms with Crippen LogP contribution in [0.15, 0.2) is 18.2 Å². The summed E-state index contributed by atoms with van der Waals surface area (Å²) in [4.78, 5) is 14.6. The van der Waals surface area contributed by atoms with Gasteiger partial charge in [0.25, 0.3) is 0 Å². The number of fused-ring (bicyclic) bond motifs is 1. The van der Waals surface area contributed by atoms with Gasteiger partial charge in [-0.1, -0.05) is 0 Å². The Morgan fingerprint density at radius 2 is 2.00 bits per heavy atom. The molecule has 4 N–H and O–H groups in total. The summed E-state index contributed by atoms with van der Waals surface area (Å²) in [6, 6.07) is 6.29. The van der Waals surface area contributed by atoms with Gasteiger partial charge in [0.15, 0.2) is 17.3 Å². The Hall–Kier alpha value is -2.61. The van der Waals surface area contributed by atoms with E-state index in [4.69, 9.17) is 15.2 Å². The maximum Gasteiger partial charge on any atom is 0.232 e. The molecule has 0 aliphatic carbocycles. The molecule has 8 heteroatoms. The van der Waals surface area contributed by atoms with Crippen LogP contribution in [0, 0.1) is 0 Å². The minimum absolute atomic E-state index is 0.235. The lowest BCUT2D eigenvalue weighted by Crippen LogP contribution is -3.15. The zero-order valence-corrected chi connectivity index (χ0v) is 15.0. The summed E-state index contributed by atoms with van der Waals surface area (Å²) in [6.07, 6.45) is 3.81. The molecule has 1 aromatic heterocycles. The summed E-state index contributed by atoms with van der Waals surface area (Å²) < 4.78 is 11.2. The average Bonchev–Trinajstić information content (AvgIpc) is 2.63. The van der Waals surface area contributed by atoms with E-state index < -0.39 is 0 Å². The van der Waals surface area contributed by atoms with Gasteiger partial charge in [0.2, 0.25) is 11.9 Å². The number of hydrogen-bond acceptors (Lipinski definition) is 7. The molecule has 0 spiro atoms. The van der Waals surface area contributed by atoms with Crippen LogP contribution in [-0.4, -0.2) is 40.8 Å². The third-order valence-electron chi connectivity index (χ3n) is 4.96. The quantitative estimate of drug-likeness (QED) is 0.748. The fourth-order valence-corrected chi connectivity index (χ4v) is 3.54. The number of hydrogen-bond donors (Lipinski definition) is 3. The van der Waals surface area contributed by atoms with Crippen LogP contribution in [0.5, 0.6) is 11.5 Å². The molecule has 0 radical (unpaired) electrons. The summed E-state index contributed by atoms with van der Waals surface area (Å²) in [5.74, 6) is 2.88. The number of rotatable bonds is 4. The monoisotopic (exact) mass is 357 g/mol. The molecule has 3 heterocycles. The van der Waals surface area contributed by atoms with E-state index in [1.807, 2.05) is 18.2 Å². The van der Waals surface area contributed by atoms with Crippen molar-refractivity contribution in [1.82, 2.24) is 15.0 Å². The molecule has 8 nitrogen and oxygen atoms in total. The zero-order valence-electron chi connectivity index (χ0n) is 15.0. The number of quaternary nitrogens is 1. The molecule has 2 aromatic rings. The molecule has 2 aliphatic heterocycles. The van der Waals surface area contributed by atoms with Crippen LogP contribution in [0.2, 0.25) is 0 Å². The lowest BCUT2D eigenvalue weighted by Gasteiger charge is -2.29. The highest BCUT2D eigenvalue weighted by molar-refractivity contribution is 5.60. The zero-order chi connectivity index (χ0) is 17.9. The third kappa shape index (κ3) is 3.80. The molecule has 0 bridgehead atoms. The number of nitrogens with zero attached hydrogens (tertiary/aromatic N) is 3. The highest BCUT2D eigenvalue weighted by Crippen LogP contribution is 2.33. The number of likely N-dealkylation sites (tertiary alicyclic amines) is 1. The van der Waals surface area contributed by atoms with Crippen LogP contribution in [0.1, 0.15) is 32.0 Å². The van der Waals surface area contributed by atoms with Gasteiger partial charge in [-0.15, -0.1) is 0 Å². The molecule has 1 fully saturated rings. The number of aromatic nitrogens is 3. The smallest absolute Gasteiger partial charge is 0.232 e. The molecular weight excluding hydrogens is 332 g/mol. The molecule has 0 saturated carbocycles. The van der Waals surface area contributed by atoms with Gasteiger partial charge in [-0.3, -0.25) is 0 Å². The van der Waals surface area contributed by atoms with Crippen molar-refractivity contribution in [2.24, 2.45) is 0 Å². The van der Waals surface area contributed by atoms with Gasteiger partial charge >= 0.3 is 0 Å². The van der Waals surface area contributed by atoms with Crippen molar-refractivity contribution in [1.29, 1.82) is 0 Å². The number of piperidine rings is 1.